The van der Waals surface area contributed by atoms with Crippen molar-refractivity contribution in [1.29, 1.82) is 0 Å². The molecule has 1 amide bonds. The molecule has 1 saturated heterocycles. The fourth-order valence-corrected chi connectivity index (χ4v) is 3.55. The van der Waals surface area contributed by atoms with Gasteiger partial charge in [-0.25, -0.2) is 14.3 Å². The van der Waals surface area contributed by atoms with Crippen LogP contribution in [0.1, 0.15) is 32.4 Å². The molecule has 2 aliphatic heterocycles. The molecule has 1 fully saturated rings. The average molecular weight is 426 g/mol. The highest BCUT2D eigenvalue weighted by Gasteiger charge is 2.31. The third kappa shape index (κ3) is 4.47. The molecule has 1 atom stereocenters. The summed E-state index contributed by atoms with van der Waals surface area (Å²) in [5.74, 6) is -0.0560. The molecule has 0 bridgehead atoms. The smallest absolute Gasteiger partial charge is 0.410 e. The number of carboxylic acids is 1. The summed E-state index contributed by atoms with van der Waals surface area (Å²) in [5.41, 5.74) is 0.483. The number of hydrogen-bond acceptors (Lipinski definition) is 7. The van der Waals surface area contributed by atoms with Gasteiger partial charge in [0.15, 0.2) is 0 Å². The predicted octanol–water partition coefficient (Wildman–Crippen LogP) is 2.43. The molecule has 10 heteroatoms. The average Bonchev–Trinajstić information content (AvgIpc) is 3.15. The molecule has 1 unspecified atom stereocenters. The number of nitrogens with one attached hydrogen (secondary N) is 1. The second kappa shape index (κ2) is 7.93. The third-order valence-electron chi connectivity index (χ3n) is 5.06. The number of benzene rings is 1. The number of anilines is 2. The minimum absolute atomic E-state index is 0.185. The maximum atomic E-state index is 12.3. The van der Waals surface area contributed by atoms with Crippen molar-refractivity contribution in [3.05, 3.63) is 41.5 Å². The molecule has 1 aromatic carbocycles. The number of fused-ring (bicyclic) bond motifs is 1. The second-order valence-corrected chi connectivity index (χ2v) is 8.51. The number of aromatic nitrogens is 3. The molecule has 0 aliphatic carbocycles. The van der Waals surface area contributed by atoms with Crippen LogP contribution >= 0.6 is 0 Å². The summed E-state index contributed by atoms with van der Waals surface area (Å²) in [5, 5.41) is 17.3. The highest BCUT2D eigenvalue weighted by Crippen LogP contribution is 2.32. The van der Waals surface area contributed by atoms with Crippen molar-refractivity contribution in [2.75, 3.05) is 36.4 Å². The summed E-state index contributed by atoms with van der Waals surface area (Å²) in [4.78, 5) is 32.3. The molecule has 10 nitrogen and oxygen atoms in total. The molecular weight excluding hydrogens is 400 g/mol. The van der Waals surface area contributed by atoms with E-state index in [-0.39, 0.29) is 11.7 Å². The summed E-state index contributed by atoms with van der Waals surface area (Å²) in [6.07, 6.45) is 1.17. The number of carbonyl (C=O) groups is 2. The number of hydrogen-bond donors (Lipinski definition) is 2. The topological polar surface area (TPSA) is 113 Å². The molecule has 0 radical (unpaired) electrons. The Morgan fingerprint density at radius 2 is 1.81 bits per heavy atom. The Bertz CT molecular complexity index is 1000. The van der Waals surface area contributed by atoms with Crippen LogP contribution in [0.25, 0.3) is 6.20 Å². The minimum Gasteiger partial charge on any atom is -0.478 e. The predicted molar refractivity (Wildman–Crippen MR) is 115 cm³/mol. The molecule has 2 aromatic rings. The van der Waals surface area contributed by atoms with Crippen LogP contribution in [-0.4, -0.2) is 68.6 Å². The fourth-order valence-electron chi connectivity index (χ4n) is 3.55. The van der Waals surface area contributed by atoms with Crippen LogP contribution in [0.15, 0.2) is 35.9 Å². The van der Waals surface area contributed by atoms with Crippen LogP contribution in [0.3, 0.4) is 0 Å². The van der Waals surface area contributed by atoms with Crippen LogP contribution in [0, 0.1) is 0 Å². The van der Waals surface area contributed by atoms with E-state index in [1.165, 1.54) is 10.9 Å². The van der Waals surface area contributed by atoms with Crippen molar-refractivity contribution in [3.8, 4) is 0 Å². The molecule has 164 valence electrons. The van der Waals surface area contributed by atoms with Gasteiger partial charge in [-0.1, -0.05) is 30.3 Å². The van der Waals surface area contributed by atoms with Gasteiger partial charge in [0.25, 0.3) is 0 Å². The first-order chi connectivity index (χ1) is 14.7. The monoisotopic (exact) mass is 426 g/mol. The van der Waals surface area contributed by atoms with Crippen molar-refractivity contribution in [2.45, 2.75) is 32.4 Å². The standard InChI is InChI=1S/C21H26N6O4/c1-21(2,3)31-20(30)26-11-9-25(10-12-26)19-23-18-22-16(14-7-5-4-6-8-14)15(17(28)29)13-27(18)24-19/h4-8,13,16H,9-12H2,1-3H3,(H,28,29)(H,22,23,24). The first-order valence-electron chi connectivity index (χ1n) is 10.2. The molecule has 31 heavy (non-hydrogen) atoms. The van der Waals surface area contributed by atoms with E-state index in [0.717, 1.165) is 5.56 Å². The van der Waals surface area contributed by atoms with Gasteiger partial charge in [-0.3, -0.25) is 0 Å². The number of amides is 1. The summed E-state index contributed by atoms with van der Waals surface area (Å²) >= 11 is 0. The lowest BCUT2D eigenvalue weighted by molar-refractivity contribution is -0.132. The summed E-state index contributed by atoms with van der Waals surface area (Å²) in [7, 11) is 0. The van der Waals surface area contributed by atoms with E-state index in [1.54, 1.807) is 4.90 Å². The molecule has 2 N–H and O–H groups in total. The molecule has 0 spiro atoms. The highest BCUT2D eigenvalue weighted by atomic mass is 16.6. The maximum Gasteiger partial charge on any atom is 0.410 e. The van der Waals surface area contributed by atoms with E-state index in [2.05, 4.69) is 15.4 Å². The van der Waals surface area contributed by atoms with E-state index in [1.807, 2.05) is 56.0 Å². The summed E-state index contributed by atoms with van der Waals surface area (Å²) < 4.78 is 6.89. The molecule has 0 saturated carbocycles. The largest absolute Gasteiger partial charge is 0.478 e. The third-order valence-corrected chi connectivity index (χ3v) is 5.06. The number of carboxylic acid groups (broad SMARTS) is 1. The zero-order valence-electron chi connectivity index (χ0n) is 17.8. The van der Waals surface area contributed by atoms with Crippen molar-refractivity contribution in [2.24, 2.45) is 0 Å². The van der Waals surface area contributed by atoms with Crippen molar-refractivity contribution in [1.82, 2.24) is 19.7 Å². The van der Waals surface area contributed by atoms with Crippen LogP contribution < -0.4 is 10.2 Å². The Kier molecular flexibility index (Phi) is 5.30. The van der Waals surface area contributed by atoms with Gasteiger partial charge in [-0.15, -0.1) is 5.10 Å². The van der Waals surface area contributed by atoms with Gasteiger partial charge in [0.1, 0.15) is 5.60 Å². The summed E-state index contributed by atoms with van der Waals surface area (Å²) in [6, 6.07) is 8.84. The lowest BCUT2D eigenvalue weighted by Gasteiger charge is -2.35. The lowest BCUT2D eigenvalue weighted by atomic mass is 9.98. The quantitative estimate of drug-likeness (QED) is 0.770. The van der Waals surface area contributed by atoms with Gasteiger partial charge in [0.2, 0.25) is 11.9 Å². The highest BCUT2D eigenvalue weighted by molar-refractivity contribution is 5.93. The normalized spacial score (nSPS) is 18.7. The number of aliphatic carboxylic acids is 1. The zero-order chi connectivity index (χ0) is 22.2. The van der Waals surface area contributed by atoms with E-state index >= 15 is 0 Å². The Morgan fingerprint density at radius 1 is 1.13 bits per heavy atom. The Balaban J connectivity index is 1.49. The van der Waals surface area contributed by atoms with Gasteiger partial charge in [-0.2, -0.15) is 4.98 Å². The van der Waals surface area contributed by atoms with E-state index in [0.29, 0.717) is 38.1 Å². The summed E-state index contributed by atoms with van der Waals surface area (Å²) in [6.45, 7) is 7.63. The van der Waals surface area contributed by atoms with Crippen LogP contribution in [0.4, 0.5) is 16.7 Å². The van der Waals surface area contributed by atoms with Crippen LogP contribution in [0.5, 0.6) is 0 Å². The van der Waals surface area contributed by atoms with E-state index in [4.69, 9.17) is 4.74 Å². The van der Waals surface area contributed by atoms with Gasteiger partial charge in [0, 0.05) is 32.4 Å². The zero-order valence-corrected chi connectivity index (χ0v) is 17.8. The first kappa shape index (κ1) is 20.7. The van der Waals surface area contributed by atoms with Gasteiger partial charge in [-0.05, 0) is 26.3 Å². The second-order valence-electron chi connectivity index (χ2n) is 8.51. The van der Waals surface area contributed by atoms with Gasteiger partial charge >= 0.3 is 12.1 Å². The van der Waals surface area contributed by atoms with Crippen molar-refractivity contribution < 1.29 is 19.4 Å². The number of nitrogens with zero attached hydrogens (tertiary/aromatic N) is 5. The number of carbonyl (C=O) groups excluding carboxylic acids is 1. The SMILES string of the molecule is CC(C)(C)OC(=O)N1CCN(c2nc3n(n2)C=C(C(=O)O)C(c2ccccc2)N3)CC1. The van der Waals surface area contributed by atoms with Crippen LogP contribution in [0.2, 0.25) is 0 Å². The Hall–Kier alpha value is -3.56. The maximum absolute atomic E-state index is 12.3. The minimum atomic E-state index is -1.02. The van der Waals surface area contributed by atoms with Crippen LogP contribution in [-0.2, 0) is 9.53 Å². The number of rotatable bonds is 3. The molecular formula is C21H26N6O4. The number of ether oxygens (including phenoxy) is 1. The number of piperazine rings is 1. The first-order valence-corrected chi connectivity index (χ1v) is 10.2. The molecule has 3 heterocycles. The Morgan fingerprint density at radius 3 is 2.42 bits per heavy atom. The lowest BCUT2D eigenvalue weighted by Crippen LogP contribution is -2.50. The molecule has 1 aromatic heterocycles. The fraction of sp³-hybridized carbons (Fsp3) is 0.429. The molecule has 2 aliphatic rings. The van der Waals surface area contributed by atoms with E-state index in [9.17, 15) is 14.7 Å². The van der Waals surface area contributed by atoms with E-state index < -0.39 is 17.6 Å². The van der Waals surface area contributed by atoms with Gasteiger partial charge < -0.3 is 25.0 Å². The Labute approximate surface area is 180 Å². The van der Waals surface area contributed by atoms with Crippen molar-refractivity contribution in [3.63, 3.8) is 0 Å². The molecule has 4 rings (SSSR count). The van der Waals surface area contributed by atoms with Crippen molar-refractivity contribution >= 4 is 30.2 Å². The van der Waals surface area contributed by atoms with Gasteiger partial charge in [0.05, 0.1) is 11.6 Å².